The van der Waals surface area contributed by atoms with E-state index in [-0.39, 0.29) is 6.04 Å². The molecule has 0 saturated carbocycles. The maximum absolute atomic E-state index is 6.28. The fraction of sp³-hybridized carbons (Fsp3) is 0.538. The molecule has 1 aliphatic rings. The van der Waals surface area contributed by atoms with E-state index in [2.05, 4.69) is 22.0 Å². The average molecular weight is 284 g/mol. The van der Waals surface area contributed by atoms with Crippen molar-refractivity contribution in [2.24, 2.45) is 5.73 Å². The monoisotopic (exact) mass is 283 g/mol. The van der Waals surface area contributed by atoms with Crippen LogP contribution < -0.4 is 5.73 Å². The van der Waals surface area contributed by atoms with Crippen molar-refractivity contribution in [2.75, 3.05) is 0 Å². The Morgan fingerprint density at radius 2 is 2.06 bits per heavy atom. The van der Waals surface area contributed by atoms with E-state index < -0.39 is 0 Å². The molecule has 0 spiro atoms. The van der Waals surface area contributed by atoms with Gasteiger partial charge in [-0.2, -0.15) is 0 Å². The van der Waals surface area contributed by atoms with E-state index in [0.717, 1.165) is 16.7 Å². The number of hydrogen-bond acceptors (Lipinski definition) is 2. The van der Waals surface area contributed by atoms with E-state index in [1.807, 2.05) is 6.07 Å². The lowest BCUT2D eigenvalue weighted by molar-refractivity contribution is 0.532. The van der Waals surface area contributed by atoms with Gasteiger partial charge >= 0.3 is 0 Å². The van der Waals surface area contributed by atoms with E-state index in [1.54, 1.807) is 6.26 Å². The molecule has 2 nitrogen and oxygen atoms in total. The second kappa shape index (κ2) is 5.69. The van der Waals surface area contributed by atoms with Crippen molar-refractivity contribution in [1.82, 2.24) is 0 Å². The van der Waals surface area contributed by atoms with E-state index in [1.165, 1.54) is 37.7 Å². The van der Waals surface area contributed by atoms with Gasteiger partial charge in [0, 0.05) is 5.56 Å². The third-order valence-electron chi connectivity index (χ3n) is 3.21. The predicted molar refractivity (Wildman–Crippen MR) is 69.1 cm³/mol. The number of rotatable bonds is 2. The first kappa shape index (κ1) is 11.9. The molecule has 1 aromatic heterocycles. The summed E-state index contributed by atoms with van der Waals surface area (Å²) in [6.07, 6.45) is 11.5. The highest BCUT2D eigenvalue weighted by molar-refractivity contribution is 9.10. The molecular formula is C13H18BrNO. The van der Waals surface area contributed by atoms with Crippen LogP contribution in [0.5, 0.6) is 0 Å². The van der Waals surface area contributed by atoms with Gasteiger partial charge in [0.05, 0.1) is 12.3 Å². The molecule has 1 unspecified atom stereocenters. The summed E-state index contributed by atoms with van der Waals surface area (Å²) in [4.78, 5) is 0. The first-order valence-corrected chi connectivity index (χ1v) is 6.75. The van der Waals surface area contributed by atoms with Crippen molar-refractivity contribution in [3.63, 3.8) is 0 Å². The fourth-order valence-corrected chi connectivity index (χ4v) is 2.71. The summed E-state index contributed by atoms with van der Waals surface area (Å²) in [7, 11) is 0. The van der Waals surface area contributed by atoms with Gasteiger partial charge in [0.25, 0.3) is 0 Å². The van der Waals surface area contributed by atoms with Crippen LogP contribution in [0, 0.1) is 0 Å². The molecule has 1 heterocycles. The van der Waals surface area contributed by atoms with Crippen LogP contribution in [0.4, 0.5) is 0 Å². The van der Waals surface area contributed by atoms with Crippen LogP contribution in [0.15, 0.2) is 33.1 Å². The van der Waals surface area contributed by atoms with E-state index in [4.69, 9.17) is 10.2 Å². The molecule has 0 fully saturated rings. The normalized spacial score (nSPS) is 23.0. The maximum atomic E-state index is 6.28. The Bertz CT molecular complexity index is 370. The summed E-state index contributed by atoms with van der Waals surface area (Å²) in [6, 6.07) is 1.94. The number of nitrogens with two attached hydrogens (primary N) is 1. The molecule has 0 radical (unpaired) electrons. The predicted octanol–water partition coefficient (Wildman–Crippen LogP) is 4.32. The van der Waals surface area contributed by atoms with E-state index >= 15 is 0 Å². The molecule has 16 heavy (non-hydrogen) atoms. The van der Waals surface area contributed by atoms with Gasteiger partial charge in [-0.15, -0.1) is 0 Å². The van der Waals surface area contributed by atoms with Gasteiger partial charge in [-0.1, -0.05) is 24.5 Å². The van der Waals surface area contributed by atoms with Gasteiger partial charge < -0.3 is 10.2 Å². The minimum atomic E-state index is -0.00813. The zero-order valence-electron chi connectivity index (χ0n) is 9.42. The molecule has 0 saturated heterocycles. The van der Waals surface area contributed by atoms with E-state index in [9.17, 15) is 0 Å². The summed E-state index contributed by atoms with van der Waals surface area (Å²) >= 11 is 3.39. The summed E-state index contributed by atoms with van der Waals surface area (Å²) < 4.78 is 6.01. The van der Waals surface area contributed by atoms with Crippen LogP contribution in [0.1, 0.15) is 50.1 Å². The number of hydrogen-bond donors (Lipinski definition) is 1. The van der Waals surface area contributed by atoms with Crippen molar-refractivity contribution in [2.45, 2.75) is 44.6 Å². The Kier molecular flexibility index (Phi) is 4.24. The first-order valence-electron chi connectivity index (χ1n) is 5.96. The standard InChI is InChI=1S/C13H18BrNO/c14-13-11(8-9-16-13)12(15)10-6-4-2-1-3-5-7-10/h6,8-9,12H,1-5,7,15H2/b10-6+. The Morgan fingerprint density at radius 1 is 1.25 bits per heavy atom. The third-order valence-corrected chi connectivity index (χ3v) is 3.85. The highest BCUT2D eigenvalue weighted by atomic mass is 79.9. The molecule has 0 bridgehead atoms. The van der Waals surface area contributed by atoms with Crippen LogP contribution in [-0.4, -0.2) is 0 Å². The molecule has 0 amide bonds. The lowest BCUT2D eigenvalue weighted by atomic mass is 9.93. The summed E-state index contributed by atoms with van der Waals surface area (Å²) in [5.74, 6) is 0. The quantitative estimate of drug-likeness (QED) is 0.821. The number of halogens is 1. The van der Waals surface area contributed by atoms with Crippen LogP contribution in [0.25, 0.3) is 0 Å². The van der Waals surface area contributed by atoms with Gasteiger partial charge in [-0.25, -0.2) is 0 Å². The third kappa shape index (κ3) is 2.77. The maximum Gasteiger partial charge on any atom is 0.174 e. The van der Waals surface area contributed by atoms with Crippen molar-refractivity contribution in [1.29, 1.82) is 0 Å². The van der Waals surface area contributed by atoms with Gasteiger partial charge in [0.1, 0.15) is 0 Å². The number of allylic oxidation sites excluding steroid dienone is 1. The van der Waals surface area contributed by atoms with Crippen LogP contribution >= 0.6 is 15.9 Å². The van der Waals surface area contributed by atoms with E-state index in [0.29, 0.717) is 0 Å². The second-order valence-corrected chi connectivity index (χ2v) is 5.08. The van der Waals surface area contributed by atoms with Crippen LogP contribution in [0.3, 0.4) is 0 Å². The smallest absolute Gasteiger partial charge is 0.174 e. The second-order valence-electron chi connectivity index (χ2n) is 4.36. The first-order chi connectivity index (χ1) is 7.79. The fourth-order valence-electron chi connectivity index (χ4n) is 2.23. The Labute approximate surface area is 105 Å². The molecule has 0 aliphatic heterocycles. The Balaban J connectivity index is 2.13. The van der Waals surface area contributed by atoms with Crippen molar-refractivity contribution in [3.8, 4) is 0 Å². The number of furan rings is 1. The Morgan fingerprint density at radius 3 is 2.81 bits per heavy atom. The summed E-state index contributed by atoms with van der Waals surface area (Å²) in [6.45, 7) is 0. The zero-order chi connectivity index (χ0) is 11.4. The molecule has 88 valence electrons. The van der Waals surface area contributed by atoms with Crippen molar-refractivity contribution >= 4 is 15.9 Å². The zero-order valence-corrected chi connectivity index (χ0v) is 11.0. The van der Waals surface area contributed by atoms with Crippen molar-refractivity contribution in [3.05, 3.63) is 34.2 Å². The lowest BCUT2D eigenvalue weighted by Crippen LogP contribution is -2.13. The molecule has 2 rings (SSSR count). The highest BCUT2D eigenvalue weighted by Gasteiger charge is 2.17. The molecule has 3 heteroatoms. The molecule has 2 N–H and O–H groups in total. The minimum absolute atomic E-state index is 0.00813. The summed E-state index contributed by atoms with van der Waals surface area (Å²) in [5.41, 5.74) is 8.70. The topological polar surface area (TPSA) is 39.2 Å². The molecule has 1 aliphatic carbocycles. The molecular weight excluding hydrogens is 266 g/mol. The van der Waals surface area contributed by atoms with Gasteiger partial charge in [-0.3, -0.25) is 0 Å². The molecule has 0 aromatic carbocycles. The highest BCUT2D eigenvalue weighted by Crippen LogP contribution is 2.31. The largest absolute Gasteiger partial charge is 0.457 e. The SMILES string of the molecule is NC(/C1=C/CCCCCC1)c1ccoc1Br. The minimum Gasteiger partial charge on any atom is -0.457 e. The van der Waals surface area contributed by atoms with Gasteiger partial charge in [0.15, 0.2) is 4.67 Å². The molecule has 1 aromatic rings. The van der Waals surface area contributed by atoms with Gasteiger partial charge in [-0.05, 0) is 47.7 Å². The average Bonchev–Trinajstić information content (AvgIpc) is 2.63. The summed E-state index contributed by atoms with van der Waals surface area (Å²) in [5, 5.41) is 0. The van der Waals surface area contributed by atoms with Crippen LogP contribution in [0.2, 0.25) is 0 Å². The van der Waals surface area contributed by atoms with Crippen molar-refractivity contribution < 1.29 is 4.42 Å². The Hall–Kier alpha value is -0.540. The molecule has 1 atom stereocenters. The van der Waals surface area contributed by atoms with Gasteiger partial charge in [0.2, 0.25) is 0 Å². The lowest BCUT2D eigenvalue weighted by Gasteiger charge is -2.17. The van der Waals surface area contributed by atoms with Crippen LogP contribution in [-0.2, 0) is 0 Å².